The number of halogens is 1. The van der Waals surface area contributed by atoms with E-state index in [9.17, 15) is 4.79 Å². The molecule has 0 radical (unpaired) electrons. The van der Waals surface area contributed by atoms with Crippen molar-refractivity contribution in [2.24, 2.45) is 5.84 Å². The average molecular weight is 360 g/mol. The molecule has 0 spiro atoms. The number of hydrogen-bond acceptors (Lipinski definition) is 5. The molecule has 0 bridgehead atoms. The number of nitrogens with two attached hydrogens (primary N) is 1. The minimum Gasteiger partial charge on any atom is -0.383 e. The Morgan fingerprint density at radius 3 is 2.38 bits per heavy atom. The Bertz CT molecular complexity index is 449. The number of rotatable bonds is 9. The van der Waals surface area contributed by atoms with Crippen LogP contribution in [0.3, 0.4) is 0 Å². The second-order valence-electron chi connectivity index (χ2n) is 4.54. The Hall–Kier alpha value is -0.990. The van der Waals surface area contributed by atoms with Gasteiger partial charge in [-0.3, -0.25) is 15.1 Å². The minimum absolute atomic E-state index is 0.308. The molecule has 6 nitrogen and oxygen atoms in total. The number of hydrogen-bond donors (Lipinski definition) is 2. The second kappa shape index (κ2) is 9.86. The Morgan fingerprint density at radius 1 is 1.29 bits per heavy atom. The van der Waals surface area contributed by atoms with Gasteiger partial charge in [0.15, 0.2) is 0 Å². The fourth-order valence-corrected chi connectivity index (χ4v) is 2.36. The fourth-order valence-electron chi connectivity index (χ4n) is 1.85. The van der Waals surface area contributed by atoms with Crippen LogP contribution in [-0.4, -0.2) is 51.3 Å². The molecule has 1 aromatic rings. The zero-order valence-electron chi connectivity index (χ0n) is 12.4. The Kier molecular flexibility index (Phi) is 8.48. The lowest BCUT2D eigenvalue weighted by molar-refractivity contribution is 0.0953. The highest BCUT2D eigenvalue weighted by Gasteiger charge is 2.11. The van der Waals surface area contributed by atoms with Crippen LogP contribution in [0.5, 0.6) is 0 Å². The zero-order valence-corrected chi connectivity index (χ0v) is 14.0. The van der Waals surface area contributed by atoms with Crippen LogP contribution < -0.4 is 11.3 Å². The number of carbonyl (C=O) groups is 1. The van der Waals surface area contributed by atoms with E-state index in [0.717, 1.165) is 29.7 Å². The van der Waals surface area contributed by atoms with Crippen molar-refractivity contribution in [2.45, 2.75) is 6.54 Å². The van der Waals surface area contributed by atoms with Gasteiger partial charge in [-0.1, -0.05) is 22.0 Å². The van der Waals surface area contributed by atoms with Crippen molar-refractivity contribution in [3.63, 3.8) is 0 Å². The molecular formula is C14H22BrN3O3. The Morgan fingerprint density at radius 2 is 1.90 bits per heavy atom. The van der Waals surface area contributed by atoms with Gasteiger partial charge in [-0.15, -0.1) is 0 Å². The molecule has 7 heteroatoms. The number of nitrogens with one attached hydrogen (secondary N) is 1. The molecule has 1 rings (SSSR count). The van der Waals surface area contributed by atoms with Crippen LogP contribution in [0.15, 0.2) is 22.7 Å². The summed E-state index contributed by atoms with van der Waals surface area (Å²) in [6.07, 6.45) is 0. The lowest BCUT2D eigenvalue weighted by atomic mass is 10.1. The van der Waals surface area contributed by atoms with Crippen molar-refractivity contribution in [3.8, 4) is 0 Å². The first kappa shape index (κ1) is 18.1. The number of carbonyl (C=O) groups excluding carboxylic acids is 1. The average Bonchev–Trinajstić information content (AvgIpc) is 2.50. The monoisotopic (exact) mass is 359 g/mol. The SMILES string of the molecule is COCCN(CCOC)Cc1ccc(C(=O)NN)cc1Br. The summed E-state index contributed by atoms with van der Waals surface area (Å²) < 4.78 is 11.1. The zero-order chi connectivity index (χ0) is 15.7. The number of ether oxygens (including phenoxy) is 2. The molecule has 0 aliphatic carbocycles. The molecular weight excluding hydrogens is 338 g/mol. The summed E-state index contributed by atoms with van der Waals surface area (Å²) in [4.78, 5) is 13.7. The van der Waals surface area contributed by atoms with Crippen molar-refractivity contribution in [1.82, 2.24) is 10.3 Å². The molecule has 0 heterocycles. The smallest absolute Gasteiger partial charge is 0.265 e. The quantitative estimate of drug-likeness (QED) is 0.393. The van der Waals surface area contributed by atoms with Gasteiger partial charge in [-0.05, 0) is 17.7 Å². The van der Waals surface area contributed by atoms with E-state index in [1.165, 1.54) is 0 Å². The fraction of sp³-hybridized carbons (Fsp3) is 0.500. The minimum atomic E-state index is -0.308. The van der Waals surface area contributed by atoms with Gasteiger partial charge < -0.3 is 9.47 Å². The van der Waals surface area contributed by atoms with E-state index in [0.29, 0.717) is 18.8 Å². The van der Waals surface area contributed by atoms with Gasteiger partial charge in [0.05, 0.1) is 13.2 Å². The maximum Gasteiger partial charge on any atom is 0.265 e. The van der Waals surface area contributed by atoms with Crippen LogP contribution >= 0.6 is 15.9 Å². The van der Waals surface area contributed by atoms with Crippen LogP contribution in [0, 0.1) is 0 Å². The molecule has 3 N–H and O–H groups in total. The van der Waals surface area contributed by atoms with Crippen molar-refractivity contribution in [2.75, 3.05) is 40.5 Å². The topological polar surface area (TPSA) is 76.8 Å². The number of benzene rings is 1. The predicted molar refractivity (Wildman–Crippen MR) is 84.8 cm³/mol. The number of methoxy groups -OCH3 is 2. The first-order valence-corrected chi connectivity index (χ1v) is 7.41. The van der Waals surface area contributed by atoms with Crippen molar-refractivity contribution >= 4 is 21.8 Å². The van der Waals surface area contributed by atoms with Gasteiger partial charge in [-0.2, -0.15) is 0 Å². The van der Waals surface area contributed by atoms with E-state index < -0.39 is 0 Å². The van der Waals surface area contributed by atoms with E-state index in [4.69, 9.17) is 15.3 Å². The van der Waals surface area contributed by atoms with Crippen LogP contribution in [0.4, 0.5) is 0 Å². The molecule has 0 fully saturated rings. The lowest BCUT2D eigenvalue weighted by Gasteiger charge is -2.22. The van der Waals surface area contributed by atoms with Gasteiger partial charge in [-0.25, -0.2) is 5.84 Å². The van der Waals surface area contributed by atoms with Crippen LogP contribution in [0.1, 0.15) is 15.9 Å². The molecule has 0 atom stereocenters. The van der Waals surface area contributed by atoms with E-state index in [1.807, 2.05) is 6.07 Å². The first-order valence-electron chi connectivity index (χ1n) is 6.62. The molecule has 0 aromatic heterocycles. The molecule has 1 aromatic carbocycles. The molecule has 118 valence electrons. The van der Waals surface area contributed by atoms with Crippen LogP contribution in [-0.2, 0) is 16.0 Å². The largest absolute Gasteiger partial charge is 0.383 e. The molecule has 21 heavy (non-hydrogen) atoms. The van der Waals surface area contributed by atoms with Gasteiger partial charge >= 0.3 is 0 Å². The van der Waals surface area contributed by atoms with Crippen LogP contribution in [0.25, 0.3) is 0 Å². The summed E-state index contributed by atoms with van der Waals surface area (Å²) in [6, 6.07) is 5.44. The summed E-state index contributed by atoms with van der Waals surface area (Å²) >= 11 is 3.50. The summed E-state index contributed by atoms with van der Waals surface area (Å²) in [5.74, 6) is 4.82. The number of hydrazine groups is 1. The van der Waals surface area contributed by atoms with Gasteiger partial charge in [0, 0.05) is 43.9 Å². The predicted octanol–water partition coefficient (Wildman–Crippen LogP) is 1.15. The summed E-state index contributed by atoms with van der Waals surface area (Å²) in [5, 5.41) is 0. The maximum atomic E-state index is 11.5. The summed E-state index contributed by atoms with van der Waals surface area (Å²) in [7, 11) is 3.37. The van der Waals surface area contributed by atoms with Crippen LogP contribution in [0.2, 0.25) is 0 Å². The van der Waals surface area contributed by atoms with E-state index in [1.54, 1.807) is 26.4 Å². The Balaban J connectivity index is 2.75. The lowest BCUT2D eigenvalue weighted by Crippen LogP contribution is -2.31. The highest BCUT2D eigenvalue weighted by Crippen LogP contribution is 2.20. The highest BCUT2D eigenvalue weighted by atomic mass is 79.9. The van der Waals surface area contributed by atoms with E-state index >= 15 is 0 Å². The molecule has 0 unspecified atom stereocenters. The number of nitrogens with zero attached hydrogens (tertiary/aromatic N) is 1. The molecule has 0 aliphatic rings. The number of amides is 1. The van der Waals surface area contributed by atoms with Crippen molar-refractivity contribution in [1.29, 1.82) is 0 Å². The van der Waals surface area contributed by atoms with E-state index in [-0.39, 0.29) is 5.91 Å². The van der Waals surface area contributed by atoms with Crippen molar-refractivity contribution in [3.05, 3.63) is 33.8 Å². The van der Waals surface area contributed by atoms with Gasteiger partial charge in [0.25, 0.3) is 5.91 Å². The van der Waals surface area contributed by atoms with Gasteiger partial charge in [0.2, 0.25) is 0 Å². The van der Waals surface area contributed by atoms with Crippen molar-refractivity contribution < 1.29 is 14.3 Å². The first-order chi connectivity index (χ1) is 10.1. The summed E-state index contributed by atoms with van der Waals surface area (Å²) in [5.41, 5.74) is 3.74. The van der Waals surface area contributed by atoms with Gasteiger partial charge in [0.1, 0.15) is 0 Å². The third kappa shape index (κ3) is 6.11. The standard InChI is InChI=1S/C14H22BrN3O3/c1-20-7-5-18(6-8-21-2)10-12-4-3-11(9-13(12)15)14(19)17-16/h3-4,9H,5-8,10,16H2,1-2H3,(H,17,19). The molecule has 1 amide bonds. The summed E-state index contributed by atoms with van der Waals surface area (Å²) in [6.45, 7) is 3.70. The number of nitrogen functional groups attached to an aromatic ring is 1. The molecule has 0 aliphatic heterocycles. The maximum absolute atomic E-state index is 11.5. The second-order valence-corrected chi connectivity index (χ2v) is 5.40. The van der Waals surface area contributed by atoms with E-state index in [2.05, 4.69) is 26.3 Å². The molecule has 0 saturated heterocycles. The third-order valence-corrected chi connectivity index (χ3v) is 3.80. The normalized spacial score (nSPS) is 10.9. The highest BCUT2D eigenvalue weighted by molar-refractivity contribution is 9.10. The Labute approximate surface area is 133 Å². The molecule has 0 saturated carbocycles. The third-order valence-electron chi connectivity index (χ3n) is 3.06.